The molecule has 2 N–H and O–H groups in total. The van der Waals surface area contributed by atoms with E-state index in [1.807, 2.05) is 0 Å². The van der Waals surface area contributed by atoms with Gasteiger partial charge in [-0.05, 0) is 25.8 Å². The lowest BCUT2D eigenvalue weighted by atomic mass is 9.80. The predicted octanol–water partition coefficient (Wildman–Crippen LogP) is 3.26. The van der Waals surface area contributed by atoms with Gasteiger partial charge in [-0.3, -0.25) is 15.0 Å². The van der Waals surface area contributed by atoms with E-state index in [0.29, 0.717) is 23.0 Å². The Bertz CT molecular complexity index is 1110. The van der Waals surface area contributed by atoms with Gasteiger partial charge in [-0.25, -0.2) is 9.59 Å². The van der Waals surface area contributed by atoms with Gasteiger partial charge in [0.05, 0.1) is 35.7 Å². The molecule has 1 aromatic carbocycles. The van der Waals surface area contributed by atoms with Gasteiger partial charge in [0.2, 0.25) is 0 Å². The number of allylic oxidation sites excluding steroid dienone is 2. The molecule has 10 nitrogen and oxygen atoms in total. The number of carbonyl (C=O) groups is 2. The highest BCUT2D eigenvalue weighted by Crippen LogP contribution is 2.40. The van der Waals surface area contributed by atoms with Crippen molar-refractivity contribution < 1.29 is 24.0 Å². The first-order valence-corrected chi connectivity index (χ1v) is 12.6. The number of rotatable bonds is 9. The molecule has 202 valence electrons. The molecule has 2 heterocycles. The van der Waals surface area contributed by atoms with Crippen molar-refractivity contribution in [2.24, 2.45) is 5.41 Å². The van der Waals surface area contributed by atoms with Gasteiger partial charge < -0.3 is 20.1 Å². The first kappa shape index (κ1) is 28.3. The van der Waals surface area contributed by atoms with Crippen LogP contribution in [0.4, 0.5) is 5.69 Å². The molecule has 0 aromatic heterocycles. The topological polar surface area (TPSA) is 123 Å². The van der Waals surface area contributed by atoms with Crippen molar-refractivity contribution in [1.82, 2.24) is 15.5 Å². The van der Waals surface area contributed by atoms with Crippen molar-refractivity contribution in [3.63, 3.8) is 0 Å². The summed E-state index contributed by atoms with van der Waals surface area (Å²) in [5, 5.41) is 18.0. The molecule has 0 spiro atoms. The molecule has 2 aliphatic rings. The van der Waals surface area contributed by atoms with Crippen LogP contribution in [-0.4, -0.2) is 67.7 Å². The summed E-state index contributed by atoms with van der Waals surface area (Å²) in [6.07, 6.45) is 1.04. The number of dihydropyridines is 1. The summed E-state index contributed by atoms with van der Waals surface area (Å²) in [7, 11) is 1.26. The fraction of sp³-hybridized carbons (Fsp3) is 0.556. The number of carbonyl (C=O) groups excluding carboxylic acids is 2. The smallest absolute Gasteiger partial charge is 0.336 e. The van der Waals surface area contributed by atoms with Gasteiger partial charge in [-0.15, -0.1) is 0 Å². The lowest BCUT2D eigenvalue weighted by Gasteiger charge is -2.40. The van der Waals surface area contributed by atoms with E-state index in [1.54, 1.807) is 26.0 Å². The number of methoxy groups -OCH3 is 1. The highest BCUT2D eigenvalue weighted by Gasteiger charge is 2.39. The number of nitro groups is 1. The summed E-state index contributed by atoms with van der Waals surface area (Å²) in [5.74, 6) is -2.07. The third kappa shape index (κ3) is 6.56. The summed E-state index contributed by atoms with van der Waals surface area (Å²) < 4.78 is 10.9. The first-order valence-electron chi connectivity index (χ1n) is 12.6. The number of hydrogen-bond acceptors (Lipinski definition) is 9. The Labute approximate surface area is 218 Å². The molecule has 10 heteroatoms. The Morgan fingerprint density at radius 3 is 2.49 bits per heavy atom. The number of esters is 2. The second-order valence-electron chi connectivity index (χ2n) is 10.5. The number of nitrogens with one attached hydrogen (secondary N) is 2. The minimum Gasteiger partial charge on any atom is -0.466 e. The van der Waals surface area contributed by atoms with Crippen molar-refractivity contribution in [3.05, 3.63) is 62.5 Å². The minimum atomic E-state index is -0.873. The lowest BCUT2D eigenvalue weighted by Crippen LogP contribution is -2.54. The largest absolute Gasteiger partial charge is 0.466 e. The van der Waals surface area contributed by atoms with E-state index in [-0.39, 0.29) is 28.9 Å². The molecule has 0 radical (unpaired) electrons. The summed E-state index contributed by atoms with van der Waals surface area (Å²) in [6.45, 7) is 13.5. The zero-order valence-corrected chi connectivity index (χ0v) is 22.6. The van der Waals surface area contributed by atoms with Crippen molar-refractivity contribution in [2.75, 3.05) is 39.9 Å². The van der Waals surface area contributed by atoms with Crippen molar-refractivity contribution in [2.45, 2.75) is 53.0 Å². The monoisotopic (exact) mass is 514 g/mol. The van der Waals surface area contributed by atoms with Crippen molar-refractivity contribution in [3.8, 4) is 0 Å². The van der Waals surface area contributed by atoms with Crippen LogP contribution in [0, 0.1) is 15.5 Å². The Hall–Kier alpha value is -3.24. The fourth-order valence-electron chi connectivity index (χ4n) is 5.14. The third-order valence-electron chi connectivity index (χ3n) is 6.97. The minimum absolute atomic E-state index is 0.133. The van der Waals surface area contributed by atoms with E-state index in [1.165, 1.54) is 19.2 Å². The van der Waals surface area contributed by atoms with Gasteiger partial charge in [0.25, 0.3) is 5.69 Å². The number of nitro benzene ring substituents is 1. The van der Waals surface area contributed by atoms with Gasteiger partial charge in [-0.1, -0.05) is 32.9 Å². The standard InChI is InChI=1S/C27H38N4O6/c1-7-20-14-28-11-12-30(20)15-27(4,5)16-37-26(33)23-18(3)29-17(2)22(25(32)36-6)24(23)19-9-8-10-21(13-19)31(34)35/h8-10,13,20,24,28-29H,7,11-12,14-16H2,1-6H3. The van der Waals surface area contributed by atoms with Gasteiger partial charge in [0.15, 0.2) is 0 Å². The van der Waals surface area contributed by atoms with E-state index in [4.69, 9.17) is 9.47 Å². The molecule has 0 amide bonds. The maximum atomic E-state index is 13.6. The van der Waals surface area contributed by atoms with Crippen LogP contribution >= 0.6 is 0 Å². The maximum absolute atomic E-state index is 13.6. The van der Waals surface area contributed by atoms with Crippen molar-refractivity contribution in [1.29, 1.82) is 0 Å². The Morgan fingerprint density at radius 2 is 1.86 bits per heavy atom. The summed E-state index contributed by atoms with van der Waals surface area (Å²) in [5.41, 5.74) is 1.48. The quantitative estimate of drug-likeness (QED) is 0.290. The number of benzene rings is 1. The van der Waals surface area contributed by atoms with E-state index in [0.717, 1.165) is 32.6 Å². The Balaban J connectivity index is 1.89. The zero-order valence-electron chi connectivity index (χ0n) is 22.6. The molecule has 2 unspecified atom stereocenters. The van der Waals surface area contributed by atoms with Crippen molar-refractivity contribution >= 4 is 17.6 Å². The van der Waals surface area contributed by atoms with E-state index in [9.17, 15) is 19.7 Å². The van der Waals surface area contributed by atoms with Crippen LogP contribution in [-0.2, 0) is 19.1 Å². The van der Waals surface area contributed by atoms with E-state index in [2.05, 4.69) is 36.3 Å². The van der Waals surface area contributed by atoms with Crippen LogP contribution in [0.2, 0.25) is 0 Å². The molecule has 2 aliphatic heterocycles. The SMILES string of the molecule is CCC1CNCCN1CC(C)(C)COC(=O)C1=C(C)NC(C)=C(C(=O)OC)C1c1cccc([N+](=O)[O-])c1. The molecular weight excluding hydrogens is 476 g/mol. The zero-order chi connectivity index (χ0) is 27.3. The number of non-ortho nitro benzene ring substituents is 1. The molecule has 3 rings (SSSR count). The molecule has 37 heavy (non-hydrogen) atoms. The molecule has 0 saturated carbocycles. The molecule has 1 fully saturated rings. The third-order valence-corrected chi connectivity index (χ3v) is 6.97. The molecule has 0 bridgehead atoms. The van der Waals surface area contributed by atoms with Gasteiger partial charge in [0.1, 0.15) is 0 Å². The van der Waals surface area contributed by atoms with Crippen LogP contribution in [0.3, 0.4) is 0 Å². The normalized spacial score (nSPS) is 20.9. The van der Waals surface area contributed by atoms with Crippen LogP contribution in [0.15, 0.2) is 46.8 Å². The molecule has 2 atom stereocenters. The van der Waals surface area contributed by atoms with Gasteiger partial charge in [0, 0.05) is 61.2 Å². The van der Waals surface area contributed by atoms with E-state index >= 15 is 0 Å². The lowest BCUT2D eigenvalue weighted by molar-refractivity contribution is -0.384. The highest BCUT2D eigenvalue weighted by atomic mass is 16.6. The van der Waals surface area contributed by atoms with Crippen LogP contribution in [0.25, 0.3) is 0 Å². The molecular formula is C27H38N4O6. The maximum Gasteiger partial charge on any atom is 0.336 e. The fourth-order valence-corrected chi connectivity index (χ4v) is 5.14. The summed E-state index contributed by atoms with van der Waals surface area (Å²) >= 11 is 0. The Morgan fingerprint density at radius 1 is 1.19 bits per heavy atom. The summed E-state index contributed by atoms with van der Waals surface area (Å²) in [6, 6.07) is 6.39. The predicted molar refractivity (Wildman–Crippen MR) is 140 cm³/mol. The Kier molecular flexibility index (Phi) is 9.09. The van der Waals surface area contributed by atoms with Crippen LogP contribution in [0.1, 0.15) is 52.5 Å². The van der Waals surface area contributed by atoms with Crippen LogP contribution < -0.4 is 10.6 Å². The second kappa shape index (κ2) is 11.9. The highest BCUT2D eigenvalue weighted by molar-refractivity contribution is 5.99. The second-order valence-corrected chi connectivity index (χ2v) is 10.5. The number of nitrogens with zero attached hydrogens (tertiary/aromatic N) is 2. The number of piperazine rings is 1. The van der Waals surface area contributed by atoms with Gasteiger partial charge >= 0.3 is 11.9 Å². The average molecular weight is 515 g/mol. The number of ether oxygens (including phenoxy) is 2. The average Bonchev–Trinajstić information content (AvgIpc) is 2.86. The summed E-state index contributed by atoms with van der Waals surface area (Å²) in [4.78, 5) is 39.8. The molecule has 1 saturated heterocycles. The molecule has 1 aromatic rings. The van der Waals surface area contributed by atoms with Crippen LogP contribution in [0.5, 0.6) is 0 Å². The van der Waals surface area contributed by atoms with E-state index < -0.39 is 22.8 Å². The first-order chi connectivity index (χ1) is 17.5. The molecule has 0 aliphatic carbocycles. The van der Waals surface area contributed by atoms with Gasteiger partial charge in [-0.2, -0.15) is 0 Å². The number of hydrogen-bond donors (Lipinski definition) is 2.